The monoisotopic (exact) mass is 489 g/mol. The Morgan fingerprint density at radius 2 is 1.56 bits per heavy atom. The van der Waals surface area contributed by atoms with Gasteiger partial charge in [-0.05, 0) is 49.1 Å². The average Bonchev–Trinajstić information content (AvgIpc) is 3.39. The summed E-state index contributed by atoms with van der Waals surface area (Å²) in [5.74, 6) is -0.319. The van der Waals surface area contributed by atoms with Crippen LogP contribution < -0.4 is 4.90 Å². The van der Waals surface area contributed by atoms with Crippen molar-refractivity contribution in [3.05, 3.63) is 77.6 Å². The van der Waals surface area contributed by atoms with Crippen molar-refractivity contribution in [2.24, 2.45) is 4.99 Å². The van der Waals surface area contributed by atoms with Crippen LogP contribution in [0.25, 0.3) is 11.1 Å². The number of rotatable bonds is 8. The Morgan fingerprint density at radius 1 is 0.861 bits per heavy atom. The third-order valence-corrected chi connectivity index (χ3v) is 7.22. The summed E-state index contributed by atoms with van der Waals surface area (Å²) < 4.78 is 28.3. The van der Waals surface area contributed by atoms with Gasteiger partial charge < -0.3 is 4.90 Å². The van der Waals surface area contributed by atoms with Crippen molar-refractivity contribution >= 4 is 11.7 Å². The maximum absolute atomic E-state index is 14.2. The molecule has 3 heterocycles. The molecule has 188 valence electrons. The second kappa shape index (κ2) is 11.2. The predicted molar refractivity (Wildman–Crippen MR) is 141 cm³/mol. The molecule has 5 rings (SSSR count). The number of halogens is 2. The molecule has 0 saturated carbocycles. The van der Waals surface area contributed by atoms with Gasteiger partial charge in [-0.3, -0.25) is 9.89 Å². The first-order valence-electron chi connectivity index (χ1n) is 13.0. The van der Waals surface area contributed by atoms with Gasteiger partial charge in [0.05, 0.1) is 11.6 Å². The number of piperazine rings is 1. The standard InChI is InChI=1S/C29H33F2N5/c1-2-3-4-14-35-15-17-36(18-16-35)29-32-19-23(20-33-29)21-8-10-22(11-9-21)26-12-13-27(34-26)28-24(30)6-5-7-25(28)31/h5-11,19-20,26H,2-4,12-18H2,1H3. The molecule has 2 aromatic carbocycles. The fraction of sp³-hybridized carbons (Fsp3) is 0.414. The molecular formula is C29H33F2N5. The van der Waals surface area contributed by atoms with Gasteiger partial charge in [-0.1, -0.05) is 50.1 Å². The van der Waals surface area contributed by atoms with Gasteiger partial charge in [0.2, 0.25) is 5.95 Å². The Balaban J connectivity index is 1.21. The molecule has 0 aliphatic carbocycles. The van der Waals surface area contributed by atoms with E-state index in [1.807, 2.05) is 36.7 Å². The minimum atomic E-state index is -0.554. The molecule has 2 aliphatic rings. The lowest BCUT2D eigenvalue weighted by Crippen LogP contribution is -2.47. The number of hydrogen-bond donors (Lipinski definition) is 0. The van der Waals surface area contributed by atoms with E-state index in [1.165, 1.54) is 44.0 Å². The Hall–Kier alpha value is -3.19. The molecule has 2 aliphatic heterocycles. The van der Waals surface area contributed by atoms with Gasteiger partial charge in [0.15, 0.2) is 0 Å². The van der Waals surface area contributed by atoms with Crippen molar-refractivity contribution in [2.75, 3.05) is 37.6 Å². The lowest BCUT2D eigenvalue weighted by atomic mass is 10.0. The highest BCUT2D eigenvalue weighted by atomic mass is 19.1. The smallest absolute Gasteiger partial charge is 0.225 e. The summed E-state index contributed by atoms with van der Waals surface area (Å²) >= 11 is 0. The van der Waals surface area contributed by atoms with Crippen molar-refractivity contribution < 1.29 is 8.78 Å². The molecule has 0 spiro atoms. The normalized spacial score (nSPS) is 18.5. The van der Waals surface area contributed by atoms with Crippen LogP contribution in [-0.4, -0.2) is 53.3 Å². The number of benzene rings is 2. The SMILES string of the molecule is CCCCCN1CCN(c2ncc(-c3ccc(C4CCC(c5c(F)cccc5F)=N4)cc3)cn2)CC1. The summed E-state index contributed by atoms with van der Waals surface area (Å²) in [7, 11) is 0. The van der Waals surface area contributed by atoms with Crippen LogP contribution >= 0.6 is 0 Å². The van der Waals surface area contributed by atoms with Gasteiger partial charge in [0.25, 0.3) is 0 Å². The third kappa shape index (κ3) is 5.46. The second-order valence-corrected chi connectivity index (χ2v) is 9.66. The first kappa shape index (κ1) is 24.5. The maximum Gasteiger partial charge on any atom is 0.225 e. The van der Waals surface area contributed by atoms with E-state index in [0.29, 0.717) is 12.1 Å². The van der Waals surface area contributed by atoms with Crippen LogP contribution in [0.3, 0.4) is 0 Å². The lowest BCUT2D eigenvalue weighted by Gasteiger charge is -2.34. The van der Waals surface area contributed by atoms with Crippen LogP contribution in [0.15, 0.2) is 59.9 Å². The average molecular weight is 490 g/mol. The minimum absolute atomic E-state index is 0.00626. The molecule has 0 radical (unpaired) electrons. The summed E-state index contributed by atoms with van der Waals surface area (Å²) in [6, 6.07) is 12.0. The molecule has 0 bridgehead atoms. The lowest BCUT2D eigenvalue weighted by molar-refractivity contribution is 0.251. The summed E-state index contributed by atoms with van der Waals surface area (Å²) in [6.45, 7) is 7.47. The molecular weight excluding hydrogens is 456 g/mol. The van der Waals surface area contributed by atoms with Crippen LogP contribution in [0.4, 0.5) is 14.7 Å². The molecule has 36 heavy (non-hydrogen) atoms. The Bertz CT molecular complexity index is 1170. The molecule has 7 heteroatoms. The van der Waals surface area contributed by atoms with Gasteiger partial charge in [0.1, 0.15) is 11.6 Å². The highest BCUT2D eigenvalue weighted by molar-refractivity contribution is 6.02. The summed E-state index contributed by atoms with van der Waals surface area (Å²) in [6.07, 6.45) is 8.91. The van der Waals surface area contributed by atoms with Crippen molar-refractivity contribution in [1.29, 1.82) is 0 Å². The Kier molecular flexibility index (Phi) is 7.66. The number of hydrogen-bond acceptors (Lipinski definition) is 5. The predicted octanol–water partition coefficient (Wildman–Crippen LogP) is 6.06. The van der Waals surface area contributed by atoms with E-state index in [2.05, 4.69) is 31.7 Å². The number of aliphatic imine (C=N–C) groups is 1. The van der Waals surface area contributed by atoms with E-state index in [-0.39, 0.29) is 11.6 Å². The van der Waals surface area contributed by atoms with E-state index >= 15 is 0 Å². The molecule has 5 nitrogen and oxygen atoms in total. The zero-order valence-electron chi connectivity index (χ0n) is 20.8. The van der Waals surface area contributed by atoms with E-state index in [9.17, 15) is 8.78 Å². The van der Waals surface area contributed by atoms with Crippen LogP contribution in [-0.2, 0) is 0 Å². The van der Waals surface area contributed by atoms with Gasteiger partial charge in [-0.2, -0.15) is 0 Å². The quantitative estimate of drug-likeness (QED) is 0.361. The molecule has 1 fully saturated rings. The molecule has 0 amide bonds. The first-order chi connectivity index (χ1) is 17.6. The molecule has 0 N–H and O–H groups in total. The van der Waals surface area contributed by atoms with Crippen LogP contribution in [0.1, 0.15) is 56.2 Å². The molecule has 1 unspecified atom stereocenters. The largest absolute Gasteiger partial charge is 0.338 e. The van der Waals surface area contributed by atoms with Gasteiger partial charge in [-0.15, -0.1) is 0 Å². The topological polar surface area (TPSA) is 44.6 Å². The van der Waals surface area contributed by atoms with Gasteiger partial charge in [0, 0.05) is 49.8 Å². The molecule has 1 aromatic heterocycles. The Labute approximate surface area is 211 Å². The van der Waals surface area contributed by atoms with Crippen molar-refractivity contribution in [2.45, 2.75) is 45.1 Å². The van der Waals surface area contributed by atoms with Crippen LogP contribution in [0.2, 0.25) is 0 Å². The highest BCUT2D eigenvalue weighted by Gasteiger charge is 2.24. The molecule has 3 aromatic rings. The number of unbranched alkanes of at least 4 members (excludes halogenated alkanes) is 2. The minimum Gasteiger partial charge on any atom is -0.338 e. The maximum atomic E-state index is 14.2. The van der Waals surface area contributed by atoms with Gasteiger partial charge in [-0.25, -0.2) is 18.7 Å². The van der Waals surface area contributed by atoms with Crippen molar-refractivity contribution in [1.82, 2.24) is 14.9 Å². The molecule has 1 saturated heterocycles. The second-order valence-electron chi connectivity index (χ2n) is 9.66. The fourth-order valence-electron chi connectivity index (χ4n) is 5.08. The summed E-state index contributed by atoms with van der Waals surface area (Å²) in [4.78, 5) is 18.7. The zero-order valence-corrected chi connectivity index (χ0v) is 20.8. The first-order valence-corrected chi connectivity index (χ1v) is 13.0. The van der Waals surface area contributed by atoms with E-state index in [4.69, 9.17) is 0 Å². The van der Waals surface area contributed by atoms with E-state index in [0.717, 1.165) is 55.2 Å². The van der Waals surface area contributed by atoms with Crippen molar-refractivity contribution in [3.8, 4) is 11.1 Å². The third-order valence-electron chi connectivity index (χ3n) is 7.22. The molecule has 1 atom stereocenters. The Morgan fingerprint density at radius 3 is 2.22 bits per heavy atom. The zero-order chi connectivity index (χ0) is 24.9. The van der Waals surface area contributed by atoms with Gasteiger partial charge >= 0.3 is 0 Å². The van der Waals surface area contributed by atoms with E-state index in [1.54, 1.807) is 0 Å². The van der Waals surface area contributed by atoms with Crippen LogP contribution in [0.5, 0.6) is 0 Å². The summed E-state index contributed by atoms with van der Waals surface area (Å²) in [5, 5.41) is 0. The fourth-order valence-corrected chi connectivity index (χ4v) is 5.08. The van der Waals surface area contributed by atoms with Crippen molar-refractivity contribution in [3.63, 3.8) is 0 Å². The van der Waals surface area contributed by atoms with Crippen LogP contribution in [0, 0.1) is 11.6 Å². The number of nitrogens with zero attached hydrogens (tertiary/aromatic N) is 5. The number of anilines is 1. The summed E-state index contributed by atoms with van der Waals surface area (Å²) in [5.41, 5.74) is 3.55. The highest BCUT2D eigenvalue weighted by Crippen LogP contribution is 2.33. The number of aromatic nitrogens is 2. The van der Waals surface area contributed by atoms with E-state index < -0.39 is 11.6 Å².